The first kappa shape index (κ1) is 21.4. The second-order valence-corrected chi connectivity index (χ2v) is 9.30. The average Bonchev–Trinajstić information content (AvgIpc) is 3.47. The van der Waals surface area contributed by atoms with E-state index in [2.05, 4.69) is 15.5 Å². The zero-order valence-corrected chi connectivity index (χ0v) is 18.6. The summed E-state index contributed by atoms with van der Waals surface area (Å²) in [7, 11) is 0. The molecular formula is C21H20N4O4S2. The number of hydrogen-bond donors (Lipinski definition) is 1. The Balaban J connectivity index is 1.54. The van der Waals surface area contributed by atoms with E-state index in [1.54, 1.807) is 18.2 Å². The molecule has 0 spiro atoms. The Labute approximate surface area is 187 Å². The van der Waals surface area contributed by atoms with Crippen LogP contribution in [-0.4, -0.2) is 43.8 Å². The van der Waals surface area contributed by atoms with Gasteiger partial charge in [0.2, 0.25) is 11.8 Å². The maximum atomic E-state index is 13.1. The summed E-state index contributed by atoms with van der Waals surface area (Å²) in [5.74, 6) is 0.431. The van der Waals surface area contributed by atoms with Gasteiger partial charge in [0.05, 0.1) is 23.8 Å². The molecule has 0 radical (unpaired) electrons. The molecule has 2 aliphatic heterocycles. The highest BCUT2D eigenvalue weighted by atomic mass is 32.2. The predicted octanol–water partition coefficient (Wildman–Crippen LogP) is 3.10. The van der Waals surface area contributed by atoms with Crippen molar-refractivity contribution in [3.05, 3.63) is 59.0 Å². The Morgan fingerprint density at radius 3 is 2.74 bits per heavy atom. The van der Waals surface area contributed by atoms with E-state index in [0.29, 0.717) is 27.4 Å². The number of rotatable bonds is 6. The molecule has 8 nitrogen and oxygen atoms in total. The van der Waals surface area contributed by atoms with Gasteiger partial charge < -0.3 is 9.73 Å². The number of ketones is 1. The lowest BCUT2D eigenvalue weighted by Gasteiger charge is -2.14. The third-order valence-corrected chi connectivity index (χ3v) is 6.96. The van der Waals surface area contributed by atoms with Gasteiger partial charge in [-0.2, -0.15) is 0 Å². The monoisotopic (exact) mass is 456 g/mol. The molecule has 0 unspecified atom stereocenters. The van der Waals surface area contributed by atoms with Gasteiger partial charge >= 0.3 is 0 Å². The molecule has 4 rings (SSSR count). The SMILES string of the molecule is Cc1ccc(C(=O)C[C@@H]2S/C(=N\N=C3NC(=O)CS3)N(Cc3ccco3)C2=O)cc1C. The number of aryl methyl sites for hydroxylation is 2. The minimum absolute atomic E-state index is 0.0573. The number of nitrogens with one attached hydrogen (secondary N) is 1. The van der Waals surface area contributed by atoms with Crippen molar-refractivity contribution in [3.8, 4) is 0 Å². The third kappa shape index (κ3) is 4.91. The molecule has 1 atom stereocenters. The predicted molar refractivity (Wildman–Crippen MR) is 121 cm³/mol. The fourth-order valence-electron chi connectivity index (χ4n) is 3.09. The van der Waals surface area contributed by atoms with Crippen LogP contribution in [0.4, 0.5) is 0 Å². The number of hydrogen-bond acceptors (Lipinski definition) is 8. The number of amides is 2. The molecule has 2 aliphatic rings. The van der Waals surface area contributed by atoms with E-state index in [4.69, 9.17) is 4.42 Å². The smallest absolute Gasteiger partial charge is 0.243 e. The fourth-order valence-corrected chi connectivity index (χ4v) is 4.80. The van der Waals surface area contributed by atoms with Crippen LogP contribution in [0.5, 0.6) is 0 Å². The van der Waals surface area contributed by atoms with Gasteiger partial charge in [-0.15, -0.1) is 10.2 Å². The normalized spacial score (nSPS) is 21.4. The van der Waals surface area contributed by atoms with Gasteiger partial charge in [-0.25, -0.2) is 0 Å². The standard InChI is InChI=1S/C21H20N4O4S2/c1-12-5-6-14(8-13(12)2)16(26)9-17-19(28)25(10-15-4-3-7-29-15)21(31-17)24-23-20-22-18(27)11-30-20/h3-8,17H,9-11H2,1-2H3,(H,22,23,27)/b24-21-/t17-/m0/s1. The number of carbonyl (C=O) groups is 3. The van der Waals surface area contributed by atoms with Crippen molar-refractivity contribution in [3.63, 3.8) is 0 Å². The molecule has 1 aromatic carbocycles. The van der Waals surface area contributed by atoms with Crippen molar-refractivity contribution in [1.29, 1.82) is 0 Å². The Hall–Kier alpha value is -2.85. The van der Waals surface area contributed by atoms with Crippen LogP contribution in [0, 0.1) is 13.8 Å². The highest BCUT2D eigenvalue weighted by Gasteiger charge is 2.40. The van der Waals surface area contributed by atoms with Gasteiger partial charge in [0.25, 0.3) is 0 Å². The van der Waals surface area contributed by atoms with E-state index in [1.807, 2.05) is 26.0 Å². The lowest BCUT2D eigenvalue weighted by Crippen LogP contribution is -2.32. The van der Waals surface area contributed by atoms with E-state index in [-0.39, 0.29) is 30.6 Å². The topological polar surface area (TPSA) is 104 Å². The lowest BCUT2D eigenvalue weighted by atomic mass is 10.0. The Kier molecular flexibility index (Phi) is 6.28. The number of nitrogens with zero attached hydrogens (tertiary/aromatic N) is 3. The number of benzene rings is 1. The van der Waals surface area contributed by atoms with Gasteiger partial charge in [0.1, 0.15) is 5.76 Å². The summed E-state index contributed by atoms with van der Waals surface area (Å²) >= 11 is 2.45. The van der Waals surface area contributed by atoms with Crippen LogP contribution in [0.25, 0.3) is 0 Å². The molecule has 31 heavy (non-hydrogen) atoms. The lowest BCUT2D eigenvalue weighted by molar-refractivity contribution is -0.126. The molecule has 10 heteroatoms. The molecule has 2 saturated heterocycles. The molecular weight excluding hydrogens is 436 g/mol. The summed E-state index contributed by atoms with van der Waals surface area (Å²) in [6.45, 7) is 4.13. The highest BCUT2D eigenvalue weighted by Crippen LogP contribution is 2.32. The van der Waals surface area contributed by atoms with Crippen LogP contribution in [0.3, 0.4) is 0 Å². The minimum atomic E-state index is -0.603. The molecule has 0 bridgehead atoms. The molecule has 0 aliphatic carbocycles. The minimum Gasteiger partial charge on any atom is -0.467 e. The first-order valence-corrected chi connectivity index (χ1v) is 11.5. The van der Waals surface area contributed by atoms with Crippen LogP contribution < -0.4 is 5.32 Å². The largest absolute Gasteiger partial charge is 0.467 e. The van der Waals surface area contributed by atoms with Crippen LogP contribution >= 0.6 is 23.5 Å². The molecule has 2 amide bonds. The summed E-state index contributed by atoms with van der Waals surface area (Å²) in [5.41, 5.74) is 2.73. The summed E-state index contributed by atoms with van der Waals surface area (Å²) in [6, 6.07) is 9.05. The van der Waals surface area contributed by atoms with Gasteiger partial charge in [0.15, 0.2) is 16.1 Å². The van der Waals surface area contributed by atoms with Gasteiger partial charge in [-0.05, 0) is 43.2 Å². The second kappa shape index (κ2) is 9.11. The molecule has 1 N–H and O–H groups in total. The summed E-state index contributed by atoms with van der Waals surface area (Å²) < 4.78 is 5.37. The van der Waals surface area contributed by atoms with Gasteiger partial charge in [0, 0.05) is 12.0 Å². The Morgan fingerprint density at radius 1 is 1.23 bits per heavy atom. The highest BCUT2D eigenvalue weighted by molar-refractivity contribution is 8.15. The van der Waals surface area contributed by atoms with Gasteiger partial charge in [-0.3, -0.25) is 19.3 Å². The van der Waals surface area contributed by atoms with Crippen LogP contribution in [0.2, 0.25) is 0 Å². The first-order valence-electron chi connectivity index (χ1n) is 9.60. The van der Waals surface area contributed by atoms with E-state index >= 15 is 0 Å². The van der Waals surface area contributed by atoms with E-state index in [1.165, 1.54) is 34.7 Å². The van der Waals surface area contributed by atoms with E-state index in [9.17, 15) is 14.4 Å². The van der Waals surface area contributed by atoms with Crippen molar-refractivity contribution >= 4 is 51.5 Å². The van der Waals surface area contributed by atoms with Gasteiger partial charge in [-0.1, -0.05) is 35.7 Å². The third-order valence-electron chi connectivity index (χ3n) is 4.93. The van der Waals surface area contributed by atoms with Crippen molar-refractivity contribution in [2.24, 2.45) is 10.2 Å². The molecule has 2 fully saturated rings. The van der Waals surface area contributed by atoms with Crippen LogP contribution in [-0.2, 0) is 16.1 Å². The maximum Gasteiger partial charge on any atom is 0.243 e. The molecule has 160 valence electrons. The van der Waals surface area contributed by atoms with E-state index in [0.717, 1.165) is 11.1 Å². The zero-order chi connectivity index (χ0) is 22.0. The van der Waals surface area contributed by atoms with Crippen LogP contribution in [0.1, 0.15) is 33.7 Å². The van der Waals surface area contributed by atoms with Crippen molar-refractivity contribution < 1.29 is 18.8 Å². The van der Waals surface area contributed by atoms with Crippen molar-refractivity contribution in [2.75, 3.05) is 5.75 Å². The first-order chi connectivity index (χ1) is 14.9. The fraction of sp³-hybridized carbons (Fsp3) is 0.286. The maximum absolute atomic E-state index is 13.1. The molecule has 1 aromatic heterocycles. The van der Waals surface area contributed by atoms with Crippen molar-refractivity contribution in [1.82, 2.24) is 10.2 Å². The summed E-state index contributed by atoms with van der Waals surface area (Å²) in [5, 5.41) is 11.0. The number of amidine groups is 2. The summed E-state index contributed by atoms with van der Waals surface area (Å²) in [6.07, 6.45) is 1.59. The molecule has 0 saturated carbocycles. The Morgan fingerprint density at radius 2 is 2.06 bits per heavy atom. The van der Waals surface area contributed by atoms with Crippen molar-refractivity contribution in [2.45, 2.75) is 32.1 Å². The Bertz CT molecular complexity index is 1090. The number of furan rings is 1. The average molecular weight is 457 g/mol. The number of Topliss-reactive ketones (excluding diaryl/α,β-unsaturated/α-hetero) is 1. The van der Waals surface area contributed by atoms with Crippen LogP contribution in [0.15, 0.2) is 51.2 Å². The number of thioether (sulfide) groups is 2. The second-order valence-electron chi connectivity index (χ2n) is 7.16. The zero-order valence-electron chi connectivity index (χ0n) is 17.0. The quantitative estimate of drug-likeness (QED) is 0.529. The summed E-state index contributed by atoms with van der Waals surface area (Å²) in [4.78, 5) is 38.7. The van der Waals surface area contributed by atoms with E-state index < -0.39 is 5.25 Å². The molecule has 2 aromatic rings. The number of carbonyl (C=O) groups excluding carboxylic acids is 3. The molecule has 3 heterocycles.